The lowest BCUT2D eigenvalue weighted by Crippen LogP contribution is -2.40. The fraction of sp³-hybridized carbons (Fsp3) is 0.391. The fourth-order valence-electron chi connectivity index (χ4n) is 4.97. The Morgan fingerprint density at radius 2 is 1.83 bits per heavy atom. The first-order valence-corrected chi connectivity index (χ1v) is 10.4. The van der Waals surface area contributed by atoms with Crippen LogP contribution in [0.5, 0.6) is 5.88 Å². The van der Waals surface area contributed by atoms with Crippen molar-refractivity contribution in [1.82, 2.24) is 19.7 Å². The maximum atomic E-state index is 13.6. The second-order valence-corrected chi connectivity index (χ2v) is 8.31. The molecule has 3 heterocycles. The Labute approximate surface area is 174 Å². The molecule has 0 radical (unpaired) electrons. The highest BCUT2D eigenvalue weighted by Crippen LogP contribution is 2.42. The van der Waals surface area contributed by atoms with Crippen LogP contribution in [0.4, 0.5) is 8.78 Å². The summed E-state index contributed by atoms with van der Waals surface area (Å²) in [6.07, 6.45) is 7.41. The number of hydrogen-bond acceptors (Lipinski definition) is 4. The topological polar surface area (TPSA) is 43.2 Å². The molecule has 0 unspecified atom stereocenters. The highest BCUT2D eigenvalue weighted by molar-refractivity contribution is 5.18. The van der Waals surface area contributed by atoms with Gasteiger partial charge in [0, 0.05) is 44.3 Å². The van der Waals surface area contributed by atoms with Crippen molar-refractivity contribution in [2.75, 3.05) is 13.1 Å². The van der Waals surface area contributed by atoms with E-state index in [-0.39, 0.29) is 12.1 Å². The second kappa shape index (κ2) is 8.14. The molecular weight excluding hydrogens is 386 g/mol. The van der Waals surface area contributed by atoms with Gasteiger partial charge in [-0.25, -0.2) is 13.8 Å². The molecule has 5 rings (SSSR count). The molecule has 2 fully saturated rings. The minimum Gasteiger partial charge on any atom is -0.472 e. The highest BCUT2D eigenvalue weighted by Gasteiger charge is 2.44. The van der Waals surface area contributed by atoms with E-state index < -0.39 is 11.6 Å². The van der Waals surface area contributed by atoms with Crippen molar-refractivity contribution in [3.8, 4) is 5.88 Å². The molecule has 1 aromatic carbocycles. The average Bonchev–Trinajstić information content (AvgIpc) is 3.40. The molecule has 1 aliphatic heterocycles. The summed E-state index contributed by atoms with van der Waals surface area (Å²) in [5, 5.41) is 4.48. The Morgan fingerprint density at radius 3 is 2.57 bits per heavy atom. The number of pyridine rings is 1. The molecule has 1 saturated carbocycles. The summed E-state index contributed by atoms with van der Waals surface area (Å²) in [5.41, 5.74) is 0.803. The van der Waals surface area contributed by atoms with Gasteiger partial charge in [0.25, 0.3) is 0 Å². The van der Waals surface area contributed by atoms with Crippen LogP contribution < -0.4 is 4.74 Å². The Balaban J connectivity index is 1.31. The lowest BCUT2D eigenvalue weighted by atomic mass is 9.77. The fourth-order valence-corrected chi connectivity index (χ4v) is 4.97. The van der Waals surface area contributed by atoms with Gasteiger partial charge in [-0.3, -0.25) is 9.58 Å². The van der Waals surface area contributed by atoms with Crippen LogP contribution in [0.25, 0.3) is 0 Å². The number of fused-ring (bicyclic) bond motifs is 1. The molecule has 2 aromatic heterocycles. The minimum atomic E-state index is -0.801. The van der Waals surface area contributed by atoms with Crippen LogP contribution in [-0.2, 0) is 6.54 Å². The number of hydrogen-bond donors (Lipinski definition) is 0. The molecular formula is C23H24F2N4O. The zero-order valence-electron chi connectivity index (χ0n) is 16.6. The first kappa shape index (κ1) is 19.2. The van der Waals surface area contributed by atoms with E-state index in [0.29, 0.717) is 24.3 Å². The summed E-state index contributed by atoms with van der Waals surface area (Å²) in [4.78, 5) is 6.67. The maximum Gasteiger partial charge on any atom is 0.213 e. The van der Waals surface area contributed by atoms with Gasteiger partial charge in [-0.05, 0) is 54.5 Å². The smallest absolute Gasteiger partial charge is 0.213 e. The van der Waals surface area contributed by atoms with Gasteiger partial charge in [0.2, 0.25) is 5.88 Å². The SMILES string of the molecule is Fc1ccc(CN2C[C@H]3C[C@H](Oc4ccccn4)[C@@H](n4cccn4)C[C@H]3C2)cc1F. The second-order valence-electron chi connectivity index (χ2n) is 8.31. The normalized spacial score (nSPS) is 26.5. The number of nitrogens with zero attached hydrogens (tertiary/aromatic N) is 4. The Morgan fingerprint density at radius 1 is 0.967 bits per heavy atom. The van der Waals surface area contributed by atoms with Gasteiger partial charge in [0.1, 0.15) is 6.10 Å². The molecule has 156 valence electrons. The van der Waals surface area contributed by atoms with Crippen LogP contribution in [0.3, 0.4) is 0 Å². The van der Waals surface area contributed by atoms with Gasteiger partial charge in [-0.2, -0.15) is 5.10 Å². The summed E-state index contributed by atoms with van der Waals surface area (Å²) in [7, 11) is 0. The van der Waals surface area contributed by atoms with Crippen LogP contribution in [0, 0.1) is 23.5 Å². The van der Waals surface area contributed by atoms with Crippen LogP contribution in [0.2, 0.25) is 0 Å². The Bertz CT molecular complexity index is 982. The molecule has 1 saturated heterocycles. The lowest BCUT2D eigenvalue weighted by molar-refractivity contribution is 0.0459. The van der Waals surface area contributed by atoms with E-state index in [9.17, 15) is 8.78 Å². The molecule has 0 N–H and O–H groups in total. The zero-order valence-corrected chi connectivity index (χ0v) is 16.6. The van der Waals surface area contributed by atoms with Crippen molar-refractivity contribution in [3.05, 3.63) is 78.3 Å². The van der Waals surface area contributed by atoms with E-state index in [4.69, 9.17) is 4.74 Å². The van der Waals surface area contributed by atoms with Gasteiger partial charge >= 0.3 is 0 Å². The largest absolute Gasteiger partial charge is 0.472 e. The maximum absolute atomic E-state index is 13.6. The predicted molar refractivity (Wildman–Crippen MR) is 108 cm³/mol. The molecule has 3 aromatic rings. The van der Waals surface area contributed by atoms with Gasteiger partial charge in [0.05, 0.1) is 6.04 Å². The van der Waals surface area contributed by atoms with Crippen molar-refractivity contribution in [1.29, 1.82) is 0 Å². The van der Waals surface area contributed by atoms with Crippen LogP contribution in [0.1, 0.15) is 24.4 Å². The van der Waals surface area contributed by atoms with Crippen molar-refractivity contribution >= 4 is 0 Å². The third-order valence-electron chi connectivity index (χ3n) is 6.33. The quantitative estimate of drug-likeness (QED) is 0.636. The van der Waals surface area contributed by atoms with Gasteiger partial charge < -0.3 is 4.74 Å². The van der Waals surface area contributed by atoms with Crippen molar-refractivity contribution in [2.24, 2.45) is 11.8 Å². The number of likely N-dealkylation sites (tertiary alicyclic amines) is 1. The van der Waals surface area contributed by atoms with Crippen LogP contribution >= 0.6 is 0 Å². The third kappa shape index (κ3) is 3.94. The van der Waals surface area contributed by atoms with E-state index in [1.807, 2.05) is 35.1 Å². The van der Waals surface area contributed by atoms with Crippen molar-refractivity contribution in [3.63, 3.8) is 0 Å². The zero-order chi connectivity index (χ0) is 20.5. The molecule has 2 aliphatic rings. The number of rotatable bonds is 5. The Kier molecular flexibility index (Phi) is 5.21. The van der Waals surface area contributed by atoms with E-state index in [1.54, 1.807) is 18.5 Å². The van der Waals surface area contributed by atoms with E-state index in [2.05, 4.69) is 15.0 Å². The van der Waals surface area contributed by atoms with Gasteiger partial charge in [-0.15, -0.1) is 0 Å². The van der Waals surface area contributed by atoms with Crippen molar-refractivity contribution in [2.45, 2.75) is 31.5 Å². The minimum absolute atomic E-state index is 0.00994. The molecule has 0 amide bonds. The van der Waals surface area contributed by atoms with E-state index in [0.717, 1.165) is 31.5 Å². The standard InChI is InChI=1S/C23H24F2N4O/c24-19-6-5-16(10-20(19)25)13-28-14-17-11-21(29-9-3-8-27-29)22(12-18(17)15-28)30-23-4-1-2-7-26-23/h1-10,17-18,21-22H,11-15H2/t17-,18+,21-,22-/m0/s1. The number of aromatic nitrogens is 3. The molecule has 5 nitrogen and oxygen atoms in total. The molecule has 1 aliphatic carbocycles. The monoisotopic (exact) mass is 410 g/mol. The van der Waals surface area contributed by atoms with Crippen LogP contribution in [0.15, 0.2) is 61.1 Å². The molecule has 4 atom stereocenters. The summed E-state index contributed by atoms with van der Waals surface area (Å²) < 4.78 is 35.1. The average molecular weight is 410 g/mol. The number of halogens is 2. The lowest BCUT2D eigenvalue weighted by Gasteiger charge is -2.37. The number of ether oxygens (including phenoxy) is 1. The highest BCUT2D eigenvalue weighted by atomic mass is 19.2. The van der Waals surface area contributed by atoms with Gasteiger partial charge in [0.15, 0.2) is 11.6 Å². The Hall–Kier alpha value is -2.80. The molecule has 0 bridgehead atoms. The summed E-state index contributed by atoms with van der Waals surface area (Å²) in [5.74, 6) is 0.0655. The van der Waals surface area contributed by atoms with Crippen molar-refractivity contribution < 1.29 is 13.5 Å². The van der Waals surface area contributed by atoms with E-state index >= 15 is 0 Å². The summed E-state index contributed by atoms with van der Waals surface area (Å²) in [6.45, 7) is 2.50. The summed E-state index contributed by atoms with van der Waals surface area (Å²) in [6, 6.07) is 11.9. The summed E-state index contributed by atoms with van der Waals surface area (Å²) >= 11 is 0. The van der Waals surface area contributed by atoms with E-state index in [1.165, 1.54) is 12.1 Å². The first-order valence-electron chi connectivity index (χ1n) is 10.4. The van der Waals surface area contributed by atoms with Gasteiger partial charge in [-0.1, -0.05) is 12.1 Å². The molecule has 0 spiro atoms. The number of benzene rings is 1. The molecule has 7 heteroatoms. The van der Waals surface area contributed by atoms with Crippen LogP contribution in [-0.4, -0.2) is 38.9 Å². The first-order chi connectivity index (χ1) is 14.7. The predicted octanol–water partition coefficient (Wildman–Crippen LogP) is 4.09. The molecule has 30 heavy (non-hydrogen) atoms. The third-order valence-corrected chi connectivity index (χ3v) is 6.33.